The molecule has 0 saturated carbocycles. The Labute approximate surface area is 189 Å². The van der Waals surface area contributed by atoms with Gasteiger partial charge in [-0.3, -0.25) is 14.7 Å². The van der Waals surface area contributed by atoms with E-state index < -0.39 is 5.60 Å². The fraction of sp³-hybridized carbons (Fsp3) is 0.455. The zero-order chi connectivity index (χ0) is 22.5. The fourth-order valence-electron chi connectivity index (χ4n) is 3.94. The largest absolute Gasteiger partial charge is 0.444 e. The number of hydrogen-bond acceptors (Lipinski definition) is 7. The molecule has 4 heterocycles. The van der Waals surface area contributed by atoms with Crippen molar-refractivity contribution in [1.82, 2.24) is 14.9 Å². The molecule has 1 aliphatic heterocycles. The first-order valence-corrected chi connectivity index (χ1v) is 11.8. The lowest BCUT2D eigenvalue weighted by Crippen LogP contribution is -2.46. The number of amides is 2. The average Bonchev–Trinajstić information content (AvgIpc) is 3.20. The van der Waals surface area contributed by atoms with Crippen LogP contribution in [0.4, 0.5) is 9.80 Å². The second-order valence-corrected chi connectivity index (χ2v) is 10.9. The SMILES string of the molecule is CC(=O)Nc1sc2c(c1-c1nc3cnccc3s1)C[C@@H](C)N(C(=O)OC(C)(C)C)[C@@H]2C. The highest BCUT2D eigenvalue weighted by Gasteiger charge is 2.39. The van der Waals surface area contributed by atoms with E-state index in [0.717, 1.165) is 36.2 Å². The van der Waals surface area contributed by atoms with Gasteiger partial charge in [-0.1, -0.05) is 0 Å². The summed E-state index contributed by atoms with van der Waals surface area (Å²) < 4.78 is 6.71. The fourth-order valence-corrected chi connectivity index (χ4v) is 6.34. The zero-order valence-electron chi connectivity index (χ0n) is 18.5. The molecule has 1 aliphatic rings. The van der Waals surface area contributed by atoms with Crippen LogP contribution >= 0.6 is 22.7 Å². The quantitative estimate of drug-likeness (QED) is 0.539. The Balaban J connectivity index is 1.81. The van der Waals surface area contributed by atoms with Crippen molar-refractivity contribution in [3.63, 3.8) is 0 Å². The van der Waals surface area contributed by atoms with Crippen LogP contribution < -0.4 is 5.32 Å². The second kappa shape index (κ2) is 7.87. The van der Waals surface area contributed by atoms with E-state index in [1.54, 1.807) is 28.6 Å². The number of anilines is 1. The summed E-state index contributed by atoms with van der Waals surface area (Å²) in [6.07, 6.45) is 3.85. The van der Waals surface area contributed by atoms with E-state index in [9.17, 15) is 9.59 Å². The van der Waals surface area contributed by atoms with Gasteiger partial charge in [0.15, 0.2) is 0 Å². The number of nitrogens with one attached hydrogen (secondary N) is 1. The summed E-state index contributed by atoms with van der Waals surface area (Å²) in [7, 11) is 0. The predicted octanol–water partition coefficient (Wildman–Crippen LogP) is 5.62. The van der Waals surface area contributed by atoms with Gasteiger partial charge in [0.05, 0.1) is 16.9 Å². The molecule has 31 heavy (non-hydrogen) atoms. The van der Waals surface area contributed by atoms with Gasteiger partial charge in [-0.2, -0.15) is 0 Å². The van der Waals surface area contributed by atoms with Gasteiger partial charge in [0, 0.05) is 29.6 Å². The molecular weight excluding hydrogens is 432 g/mol. The first-order chi connectivity index (χ1) is 14.5. The van der Waals surface area contributed by atoms with Gasteiger partial charge < -0.3 is 10.1 Å². The normalized spacial score (nSPS) is 18.7. The topological polar surface area (TPSA) is 84.4 Å². The van der Waals surface area contributed by atoms with Crippen LogP contribution in [0.25, 0.3) is 20.8 Å². The Morgan fingerprint density at radius 2 is 2.00 bits per heavy atom. The summed E-state index contributed by atoms with van der Waals surface area (Å²) in [6, 6.07) is 1.73. The van der Waals surface area contributed by atoms with Gasteiger partial charge in [-0.15, -0.1) is 22.7 Å². The average molecular weight is 459 g/mol. The molecule has 0 radical (unpaired) electrons. The summed E-state index contributed by atoms with van der Waals surface area (Å²) >= 11 is 3.10. The maximum Gasteiger partial charge on any atom is 0.411 e. The van der Waals surface area contributed by atoms with Crippen LogP contribution in [-0.4, -0.2) is 38.5 Å². The first-order valence-electron chi connectivity index (χ1n) is 10.2. The Morgan fingerprint density at radius 3 is 2.65 bits per heavy atom. The van der Waals surface area contributed by atoms with E-state index in [-0.39, 0.29) is 24.1 Å². The van der Waals surface area contributed by atoms with Gasteiger partial charge in [0.1, 0.15) is 21.1 Å². The van der Waals surface area contributed by atoms with Crippen molar-refractivity contribution in [3.05, 3.63) is 28.9 Å². The molecule has 7 nitrogen and oxygen atoms in total. The molecule has 0 saturated heterocycles. The number of thiophene rings is 1. The number of rotatable bonds is 2. The predicted molar refractivity (Wildman–Crippen MR) is 125 cm³/mol. The van der Waals surface area contributed by atoms with Crippen molar-refractivity contribution < 1.29 is 14.3 Å². The number of ether oxygens (including phenoxy) is 1. The van der Waals surface area contributed by atoms with Gasteiger partial charge in [-0.25, -0.2) is 9.78 Å². The number of carbonyl (C=O) groups is 2. The summed E-state index contributed by atoms with van der Waals surface area (Å²) in [6.45, 7) is 11.2. The minimum absolute atomic E-state index is 0.0491. The monoisotopic (exact) mass is 458 g/mol. The third-order valence-electron chi connectivity index (χ3n) is 5.11. The molecule has 0 bridgehead atoms. The molecule has 3 aromatic rings. The maximum absolute atomic E-state index is 12.9. The number of carbonyl (C=O) groups excluding carboxylic acids is 2. The van der Waals surface area contributed by atoms with Crippen LogP contribution in [-0.2, 0) is 16.0 Å². The minimum atomic E-state index is -0.562. The Kier molecular flexibility index (Phi) is 5.51. The number of nitrogens with zero attached hydrogens (tertiary/aromatic N) is 3. The van der Waals surface area contributed by atoms with E-state index in [1.165, 1.54) is 18.3 Å². The standard InChI is InChI=1S/C22H26N4O3S2/c1-11-9-14-17(20-25-15-10-23-8-7-16(15)30-20)19(24-13(3)27)31-18(14)12(2)26(11)21(28)29-22(4,5)6/h7-8,10-12H,9H2,1-6H3,(H,24,27)/t11-,12-/m1/s1. The number of pyridine rings is 1. The number of hydrogen-bond donors (Lipinski definition) is 1. The van der Waals surface area contributed by atoms with E-state index >= 15 is 0 Å². The first kappa shape index (κ1) is 21.7. The van der Waals surface area contributed by atoms with Crippen LogP contribution in [0.15, 0.2) is 18.5 Å². The van der Waals surface area contributed by atoms with Crippen molar-refractivity contribution in [2.45, 2.75) is 65.6 Å². The van der Waals surface area contributed by atoms with Crippen molar-refractivity contribution in [2.24, 2.45) is 0 Å². The highest BCUT2D eigenvalue weighted by atomic mass is 32.1. The van der Waals surface area contributed by atoms with Crippen molar-refractivity contribution in [2.75, 3.05) is 5.32 Å². The molecule has 164 valence electrons. The van der Waals surface area contributed by atoms with Gasteiger partial charge in [-0.05, 0) is 52.7 Å². The van der Waals surface area contributed by atoms with Crippen LogP contribution in [0.1, 0.15) is 58.0 Å². The van der Waals surface area contributed by atoms with Crippen LogP contribution in [0, 0.1) is 0 Å². The van der Waals surface area contributed by atoms with E-state index in [0.29, 0.717) is 6.42 Å². The Hall–Kier alpha value is -2.52. The third kappa shape index (κ3) is 4.16. The Bertz CT molecular complexity index is 1130. The molecule has 2 amide bonds. The Morgan fingerprint density at radius 1 is 1.26 bits per heavy atom. The van der Waals surface area contributed by atoms with Crippen molar-refractivity contribution in [1.29, 1.82) is 0 Å². The van der Waals surface area contributed by atoms with Gasteiger partial charge in [0.25, 0.3) is 0 Å². The second-order valence-electron chi connectivity index (χ2n) is 8.81. The lowest BCUT2D eigenvalue weighted by atomic mass is 9.93. The minimum Gasteiger partial charge on any atom is -0.444 e. The molecule has 0 spiro atoms. The van der Waals surface area contributed by atoms with E-state index in [2.05, 4.69) is 10.3 Å². The van der Waals surface area contributed by atoms with Crippen LogP contribution in [0.5, 0.6) is 0 Å². The van der Waals surface area contributed by atoms with Crippen LogP contribution in [0.2, 0.25) is 0 Å². The molecule has 3 aromatic heterocycles. The van der Waals surface area contributed by atoms with Gasteiger partial charge >= 0.3 is 6.09 Å². The third-order valence-corrected chi connectivity index (χ3v) is 7.48. The lowest BCUT2D eigenvalue weighted by molar-refractivity contribution is -0.114. The van der Waals surface area contributed by atoms with E-state index in [4.69, 9.17) is 9.72 Å². The molecule has 1 N–H and O–H groups in total. The summed E-state index contributed by atoms with van der Waals surface area (Å²) in [5.41, 5.74) is 2.37. The zero-order valence-corrected chi connectivity index (χ0v) is 20.1. The summed E-state index contributed by atoms with van der Waals surface area (Å²) in [5.74, 6) is -0.132. The van der Waals surface area contributed by atoms with Crippen molar-refractivity contribution >= 4 is 49.9 Å². The number of aromatic nitrogens is 2. The molecule has 0 aliphatic carbocycles. The van der Waals surface area contributed by atoms with E-state index in [1.807, 2.05) is 40.7 Å². The molecule has 4 rings (SSSR count). The number of thiazole rings is 1. The molecule has 0 aromatic carbocycles. The molecule has 0 fully saturated rings. The highest BCUT2D eigenvalue weighted by molar-refractivity contribution is 7.23. The lowest BCUT2D eigenvalue weighted by Gasteiger charge is -2.39. The maximum atomic E-state index is 12.9. The number of fused-ring (bicyclic) bond motifs is 2. The molecular formula is C22H26N4O3S2. The smallest absolute Gasteiger partial charge is 0.411 e. The van der Waals surface area contributed by atoms with Crippen LogP contribution in [0.3, 0.4) is 0 Å². The molecule has 0 unspecified atom stereocenters. The molecule has 9 heteroatoms. The summed E-state index contributed by atoms with van der Waals surface area (Å²) in [4.78, 5) is 36.7. The van der Waals surface area contributed by atoms with Crippen molar-refractivity contribution in [3.8, 4) is 10.6 Å². The highest BCUT2D eigenvalue weighted by Crippen LogP contribution is 2.49. The summed E-state index contributed by atoms with van der Waals surface area (Å²) in [5, 5.41) is 4.62. The van der Waals surface area contributed by atoms with Gasteiger partial charge in [0.2, 0.25) is 5.91 Å². The molecule has 2 atom stereocenters.